The van der Waals surface area contributed by atoms with Crippen LogP contribution in [0.25, 0.3) is 0 Å². The standard InChI is InChI=1S/C13H16ClNO3/c1-8(2)6-12(16)15-11-7-9(13(17)18-3)4-5-10(11)14/h4-5,7-8H,6H2,1-3H3,(H,15,16). The molecule has 0 aliphatic carbocycles. The van der Waals surface area contributed by atoms with Gasteiger partial charge in [0.1, 0.15) is 0 Å². The second-order valence-corrected chi connectivity index (χ2v) is 4.74. The van der Waals surface area contributed by atoms with Crippen molar-refractivity contribution in [2.24, 2.45) is 5.92 Å². The average molecular weight is 270 g/mol. The number of amides is 1. The van der Waals surface area contributed by atoms with Crippen molar-refractivity contribution in [3.63, 3.8) is 0 Å². The average Bonchev–Trinajstić information content (AvgIpc) is 2.30. The predicted molar refractivity (Wildman–Crippen MR) is 70.9 cm³/mol. The molecule has 0 aliphatic rings. The molecule has 0 saturated carbocycles. The van der Waals surface area contributed by atoms with Crippen molar-refractivity contribution < 1.29 is 14.3 Å². The van der Waals surface area contributed by atoms with Crippen molar-refractivity contribution in [3.05, 3.63) is 28.8 Å². The maximum atomic E-state index is 11.6. The van der Waals surface area contributed by atoms with Gasteiger partial charge in [-0.25, -0.2) is 4.79 Å². The van der Waals surface area contributed by atoms with E-state index in [0.717, 1.165) is 0 Å². The van der Waals surface area contributed by atoms with Crippen molar-refractivity contribution in [2.45, 2.75) is 20.3 Å². The fourth-order valence-corrected chi connectivity index (χ4v) is 1.60. The third-order valence-electron chi connectivity index (χ3n) is 2.26. The summed E-state index contributed by atoms with van der Waals surface area (Å²) in [5, 5.41) is 3.07. The number of hydrogen-bond acceptors (Lipinski definition) is 3. The molecule has 18 heavy (non-hydrogen) atoms. The number of benzene rings is 1. The van der Waals surface area contributed by atoms with Gasteiger partial charge in [-0.3, -0.25) is 4.79 Å². The zero-order valence-corrected chi connectivity index (χ0v) is 11.4. The van der Waals surface area contributed by atoms with Crippen LogP contribution in [0.3, 0.4) is 0 Å². The third kappa shape index (κ3) is 4.04. The fraction of sp³-hybridized carbons (Fsp3) is 0.385. The lowest BCUT2D eigenvalue weighted by molar-refractivity contribution is -0.116. The first-order valence-corrected chi connectivity index (χ1v) is 5.99. The maximum absolute atomic E-state index is 11.6. The minimum Gasteiger partial charge on any atom is -0.465 e. The van der Waals surface area contributed by atoms with Gasteiger partial charge in [0.2, 0.25) is 5.91 Å². The summed E-state index contributed by atoms with van der Waals surface area (Å²) in [5.41, 5.74) is 0.770. The summed E-state index contributed by atoms with van der Waals surface area (Å²) in [6.45, 7) is 3.90. The lowest BCUT2D eigenvalue weighted by Gasteiger charge is -2.10. The third-order valence-corrected chi connectivity index (χ3v) is 2.58. The quantitative estimate of drug-likeness (QED) is 0.855. The SMILES string of the molecule is COC(=O)c1ccc(Cl)c(NC(=O)CC(C)C)c1. The Morgan fingerprint density at radius 3 is 2.61 bits per heavy atom. The highest BCUT2D eigenvalue weighted by Gasteiger charge is 2.11. The summed E-state index contributed by atoms with van der Waals surface area (Å²) in [6.07, 6.45) is 0.402. The van der Waals surface area contributed by atoms with Crippen LogP contribution in [0.5, 0.6) is 0 Å². The van der Waals surface area contributed by atoms with Gasteiger partial charge in [0.25, 0.3) is 0 Å². The van der Waals surface area contributed by atoms with Crippen LogP contribution < -0.4 is 5.32 Å². The zero-order valence-electron chi connectivity index (χ0n) is 10.6. The summed E-state index contributed by atoms with van der Waals surface area (Å²) in [5.74, 6) is -0.340. The predicted octanol–water partition coefficient (Wildman–Crippen LogP) is 3.11. The highest BCUT2D eigenvalue weighted by atomic mass is 35.5. The first-order valence-electron chi connectivity index (χ1n) is 5.61. The topological polar surface area (TPSA) is 55.4 Å². The first kappa shape index (κ1) is 14.5. The number of carbonyl (C=O) groups is 2. The molecule has 0 radical (unpaired) electrons. The number of hydrogen-bond donors (Lipinski definition) is 1. The molecule has 0 fully saturated rings. The molecule has 0 aliphatic heterocycles. The minimum absolute atomic E-state index is 0.131. The van der Waals surface area contributed by atoms with E-state index in [1.807, 2.05) is 13.8 Å². The first-order chi connectivity index (χ1) is 8.43. The molecule has 1 N–H and O–H groups in total. The number of ether oxygens (including phenoxy) is 1. The Balaban J connectivity index is 2.87. The van der Waals surface area contributed by atoms with Gasteiger partial charge in [-0.2, -0.15) is 0 Å². The lowest BCUT2D eigenvalue weighted by Crippen LogP contribution is -2.14. The van der Waals surface area contributed by atoms with E-state index in [-0.39, 0.29) is 11.8 Å². The Morgan fingerprint density at radius 1 is 1.39 bits per heavy atom. The molecule has 1 aromatic rings. The second-order valence-electron chi connectivity index (χ2n) is 4.33. The fourth-order valence-electron chi connectivity index (χ4n) is 1.44. The number of nitrogens with one attached hydrogen (secondary N) is 1. The molecule has 0 spiro atoms. The van der Waals surface area contributed by atoms with Gasteiger partial charge in [0.15, 0.2) is 0 Å². The van der Waals surface area contributed by atoms with Gasteiger partial charge >= 0.3 is 5.97 Å². The molecule has 0 atom stereocenters. The van der Waals surface area contributed by atoms with Gasteiger partial charge < -0.3 is 10.1 Å². The maximum Gasteiger partial charge on any atom is 0.337 e. The summed E-state index contributed by atoms with van der Waals surface area (Å²) in [7, 11) is 1.30. The van der Waals surface area contributed by atoms with Crippen molar-refractivity contribution in [2.75, 3.05) is 12.4 Å². The van der Waals surface area contributed by atoms with Gasteiger partial charge in [-0.05, 0) is 24.1 Å². The number of methoxy groups -OCH3 is 1. The summed E-state index contributed by atoms with van der Waals surface area (Å²) >= 11 is 5.96. The monoisotopic (exact) mass is 269 g/mol. The molecule has 1 rings (SSSR count). The Bertz CT molecular complexity index is 458. The smallest absolute Gasteiger partial charge is 0.337 e. The minimum atomic E-state index is -0.467. The van der Waals surface area contributed by atoms with Crippen molar-refractivity contribution in [1.82, 2.24) is 0 Å². The summed E-state index contributed by atoms with van der Waals surface area (Å²) < 4.78 is 4.61. The van der Waals surface area contributed by atoms with E-state index in [4.69, 9.17) is 11.6 Å². The van der Waals surface area contributed by atoms with Crippen LogP contribution in [0, 0.1) is 5.92 Å². The molecular weight excluding hydrogens is 254 g/mol. The molecule has 0 bridgehead atoms. The van der Waals surface area contributed by atoms with Gasteiger partial charge in [0.05, 0.1) is 23.4 Å². The van der Waals surface area contributed by atoms with E-state index in [1.54, 1.807) is 12.1 Å². The van der Waals surface area contributed by atoms with Crippen molar-refractivity contribution in [3.8, 4) is 0 Å². The summed E-state index contributed by atoms with van der Waals surface area (Å²) in [4.78, 5) is 23.0. The Kier molecular flexibility index (Phi) is 5.16. The van der Waals surface area contributed by atoms with E-state index in [9.17, 15) is 9.59 Å². The molecule has 98 valence electrons. The molecular formula is C13H16ClNO3. The molecule has 0 unspecified atom stereocenters. The van der Waals surface area contributed by atoms with E-state index < -0.39 is 5.97 Å². The molecule has 1 amide bonds. The van der Waals surface area contributed by atoms with Crippen LogP contribution in [-0.2, 0) is 9.53 Å². The van der Waals surface area contributed by atoms with Crippen LogP contribution >= 0.6 is 11.6 Å². The molecule has 5 heteroatoms. The highest BCUT2D eigenvalue weighted by molar-refractivity contribution is 6.33. The Hall–Kier alpha value is -1.55. The normalized spacial score (nSPS) is 10.3. The number of halogens is 1. The van der Waals surface area contributed by atoms with Crippen LogP contribution in [0.4, 0.5) is 5.69 Å². The molecule has 1 aromatic carbocycles. The number of rotatable bonds is 4. The van der Waals surface area contributed by atoms with Crippen LogP contribution in [0.15, 0.2) is 18.2 Å². The van der Waals surface area contributed by atoms with Gasteiger partial charge in [0, 0.05) is 6.42 Å². The lowest BCUT2D eigenvalue weighted by atomic mass is 10.1. The van der Waals surface area contributed by atoms with Crippen molar-refractivity contribution >= 4 is 29.2 Å². The largest absolute Gasteiger partial charge is 0.465 e. The van der Waals surface area contributed by atoms with E-state index in [2.05, 4.69) is 10.1 Å². The molecule has 0 aromatic heterocycles. The van der Waals surface area contributed by atoms with Crippen LogP contribution in [0.1, 0.15) is 30.6 Å². The van der Waals surface area contributed by atoms with E-state index in [0.29, 0.717) is 22.7 Å². The molecule has 0 heterocycles. The van der Waals surface area contributed by atoms with E-state index >= 15 is 0 Å². The second kappa shape index (κ2) is 6.40. The van der Waals surface area contributed by atoms with Crippen LogP contribution in [-0.4, -0.2) is 19.0 Å². The van der Waals surface area contributed by atoms with E-state index in [1.165, 1.54) is 13.2 Å². The number of anilines is 1. The van der Waals surface area contributed by atoms with Crippen molar-refractivity contribution in [1.29, 1.82) is 0 Å². The number of esters is 1. The number of carbonyl (C=O) groups excluding carboxylic acids is 2. The molecule has 4 nitrogen and oxygen atoms in total. The Morgan fingerprint density at radius 2 is 2.06 bits per heavy atom. The Labute approximate surface area is 111 Å². The van der Waals surface area contributed by atoms with Gasteiger partial charge in [-0.1, -0.05) is 25.4 Å². The highest BCUT2D eigenvalue weighted by Crippen LogP contribution is 2.23. The molecule has 0 saturated heterocycles. The van der Waals surface area contributed by atoms with Gasteiger partial charge in [-0.15, -0.1) is 0 Å². The summed E-state index contributed by atoms with van der Waals surface area (Å²) in [6, 6.07) is 4.61. The van der Waals surface area contributed by atoms with Crippen LogP contribution in [0.2, 0.25) is 5.02 Å². The zero-order chi connectivity index (χ0) is 13.7.